The van der Waals surface area contributed by atoms with Crippen LogP contribution in [0.15, 0.2) is 47.6 Å². The topological polar surface area (TPSA) is 63.1 Å². The number of nitrogens with zero attached hydrogens (tertiary/aromatic N) is 4. The fourth-order valence-electron chi connectivity index (χ4n) is 3.68. The van der Waals surface area contributed by atoms with Gasteiger partial charge in [-0.2, -0.15) is 0 Å². The molecule has 1 aliphatic heterocycles. The predicted octanol–water partition coefficient (Wildman–Crippen LogP) is 4.79. The van der Waals surface area contributed by atoms with Crippen LogP contribution in [-0.4, -0.2) is 43.9 Å². The summed E-state index contributed by atoms with van der Waals surface area (Å²) >= 11 is 1.16. The van der Waals surface area contributed by atoms with Crippen LogP contribution in [0.5, 0.6) is 0 Å². The first-order chi connectivity index (χ1) is 15.9. The Balaban J connectivity index is 1.55. The Hall–Kier alpha value is -2.85. The number of hydrogen-bond acceptors (Lipinski definition) is 5. The molecular weight excluding hydrogens is 451 g/mol. The van der Waals surface area contributed by atoms with Crippen molar-refractivity contribution in [3.05, 3.63) is 65.7 Å². The number of benzene rings is 2. The van der Waals surface area contributed by atoms with Gasteiger partial charge in [-0.25, -0.2) is 13.2 Å². The van der Waals surface area contributed by atoms with E-state index in [2.05, 4.69) is 20.4 Å². The lowest BCUT2D eigenvalue weighted by Crippen LogP contribution is -2.30. The molecule has 1 amide bonds. The normalized spacial score (nSPS) is 15.4. The largest absolute Gasteiger partial charge is 0.323 e. The fraction of sp³-hybridized carbons (Fsp3) is 0.348. The molecule has 1 saturated heterocycles. The average molecular weight is 476 g/mol. The summed E-state index contributed by atoms with van der Waals surface area (Å²) in [6.07, 6.45) is 3.47. The molecule has 1 aromatic heterocycles. The predicted molar refractivity (Wildman–Crippen MR) is 121 cm³/mol. The number of carbonyl (C=O) groups is 1. The fourth-order valence-corrected chi connectivity index (χ4v) is 4.57. The number of hydrogen-bond donors (Lipinski definition) is 1. The highest BCUT2D eigenvalue weighted by Crippen LogP contribution is 2.28. The summed E-state index contributed by atoms with van der Waals surface area (Å²) in [6, 6.07) is 8.98. The molecule has 0 bridgehead atoms. The van der Waals surface area contributed by atoms with Gasteiger partial charge in [0.2, 0.25) is 5.91 Å². The Morgan fingerprint density at radius 3 is 2.42 bits per heavy atom. The van der Waals surface area contributed by atoms with Crippen LogP contribution in [0.3, 0.4) is 0 Å². The molecule has 1 atom stereocenters. The maximum Gasteiger partial charge on any atom is 0.237 e. The van der Waals surface area contributed by atoms with Crippen molar-refractivity contribution in [3.8, 4) is 5.69 Å². The van der Waals surface area contributed by atoms with Crippen LogP contribution in [0.2, 0.25) is 0 Å². The van der Waals surface area contributed by atoms with Crippen molar-refractivity contribution in [1.82, 2.24) is 19.7 Å². The minimum absolute atomic E-state index is 0.0976. The van der Waals surface area contributed by atoms with Gasteiger partial charge in [0, 0.05) is 11.8 Å². The number of halogens is 3. The van der Waals surface area contributed by atoms with E-state index in [1.807, 2.05) is 4.57 Å². The molecule has 33 heavy (non-hydrogen) atoms. The van der Waals surface area contributed by atoms with Crippen LogP contribution in [0, 0.1) is 17.5 Å². The molecule has 2 aromatic carbocycles. The van der Waals surface area contributed by atoms with E-state index in [4.69, 9.17) is 0 Å². The quantitative estimate of drug-likeness (QED) is 0.498. The lowest BCUT2D eigenvalue weighted by molar-refractivity contribution is -0.115. The van der Waals surface area contributed by atoms with Crippen molar-refractivity contribution in [1.29, 1.82) is 0 Å². The number of nitrogens with one attached hydrogen (secondary N) is 1. The first-order valence-electron chi connectivity index (χ1n) is 10.8. The molecule has 1 aliphatic rings. The Labute approximate surface area is 194 Å². The molecule has 174 valence electrons. The Kier molecular flexibility index (Phi) is 7.34. The third kappa shape index (κ3) is 5.75. The first kappa shape index (κ1) is 23.3. The number of likely N-dealkylation sites (tertiary alicyclic amines) is 1. The van der Waals surface area contributed by atoms with Crippen molar-refractivity contribution in [3.63, 3.8) is 0 Å². The molecule has 0 radical (unpaired) electrons. The maximum atomic E-state index is 13.9. The second kappa shape index (κ2) is 10.4. The molecule has 10 heteroatoms. The van der Waals surface area contributed by atoms with Crippen molar-refractivity contribution < 1.29 is 18.0 Å². The average Bonchev–Trinajstić information content (AvgIpc) is 3.18. The van der Waals surface area contributed by atoms with Gasteiger partial charge in [0.1, 0.15) is 17.5 Å². The van der Waals surface area contributed by atoms with Gasteiger partial charge >= 0.3 is 0 Å². The zero-order chi connectivity index (χ0) is 23.4. The van der Waals surface area contributed by atoms with E-state index in [9.17, 15) is 18.0 Å². The Morgan fingerprint density at radius 2 is 1.73 bits per heavy atom. The van der Waals surface area contributed by atoms with Crippen molar-refractivity contribution in [2.45, 2.75) is 43.1 Å². The summed E-state index contributed by atoms with van der Waals surface area (Å²) in [5.41, 5.74) is 0.590. The van der Waals surface area contributed by atoms with Crippen LogP contribution in [-0.2, 0) is 11.3 Å². The highest BCUT2D eigenvalue weighted by atomic mass is 32.2. The second-order valence-electron chi connectivity index (χ2n) is 7.92. The molecule has 6 nitrogen and oxygen atoms in total. The lowest BCUT2D eigenvalue weighted by atomic mass is 10.1. The summed E-state index contributed by atoms with van der Waals surface area (Å²) < 4.78 is 42.4. The smallest absolute Gasteiger partial charge is 0.237 e. The van der Waals surface area contributed by atoms with E-state index in [-0.39, 0.29) is 11.5 Å². The monoisotopic (exact) mass is 475 g/mol. The zero-order valence-corrected chi connectivity index (χ0v) is 18.9. The summed E-state index contributed by atoms with van der Waals surface area (Å²) in [4.78, 5) is 15.0. The van der Waals surface area contributed by atoms with Crippen LogP contribution in [0.1, 0.15) is 32.0 Å². The highest BCUT2D eigenvalue weighted by Gasteiger charge is 2.23. The molecular formula is C23H24F3N5OS. The number of thioether (sulfide) groups is 1. The van der Waals surface area contributed by atoms with Gasteiger partial charge in [-0.1, -0.05) is 18.2 Å². The number of rotatable bonds is 7. The minimum Gasteiger partial charge on any atom is -0.323 e. The second-order valence-corrected chi connectivity index (χ2v) is 9.23. The lowest BCUT2D eigenvalue weighted by Gasteiger charge is -2.26. The Bertz CT molecular complexity index is 1120. The van der Waals surface area contributed by atoms with Crippen LogP contribution >= 0.6 is 11.8 Å². The van der Waals surface area contributed by atoms with Crippen LogP contribution < -0.4 is 5.32 Å². The molecule has 2 heterocycles. The number of amides is 1. The summed E-state index contributed by atoms with van der Waals surface area (Å²) in [5.74, 6) is -1.69. The molecule has 1 N–H and O–H groups in total. The number of anilines is 1. The van der Waals surface area contributed by atoms with Crippen LogP contribution in [0.25, 0.3) is 5.69 Å². The van der Waals surface area contributed by atoms with Crippen molar-refractivity contribution >= 4 is 23.4 Å². The van der Waals surface area contributed by atoms with E-state index in [0.29, 0.717) is 29.3 Å². The summed E-state index contributed by atoms with van der Waals surface area (Å²) in [7, 11) is 0. The van der Waals surface area contributed by atoms with E-state index in [0.717, 1.165) is 43.8 Å². The number of piperidine rings is 1. The molecule has 1 fully saturated rings. The zero-order valence-electron chi connectivity index (χ0n) is 18.1. The van der Waals surface area contributed by atoms with Gasteiger partial charge in [-0.3, -0.25) is 14.3 Å². The van der Waals surface area contributed by atoms with Gasteiger partial charge in [-0.05, 0) is 69.3 Å². The summed E-state index contributed by atoms with van der Waals surface area (Å²) in [6.45, 7) is 4.20. The van der Waals surface area contributed by atoms with Crippen LogP contribution in [0.4, 0.5) is 18.9 Å². The number of aromatic nitrogens is 3. The molecule has 0 aliphatic carbocycles. The van der Waals surface area contributed by atoms with Gasteiger partial charge in [-0.15, -0.1) is 10.2 Å². The van der Waals surface area contributed by atoms with Gasteiger partial charge < -0.3 is 5.32 Å². The standard InChI is InChI=1S/C23H24F3N5OS/c1-15(22(32)27-20-10-7-17(25)13-19(20)26)33-23-29-28-21(14-30-11-3-2-4-12-30)31(23)18-8-5-16(24)6-9-18/h5-10,13,15H,2-4,11-12,14H2,1H3,(H,27,32). The van der Waals surface area contributed by atoms with Crippen molar-refractivity contribution in [2.75, 3.05) is 18.4 Å². The highest BCUT2D eigenvalue weighted by molar-refractivity contribution is 8.00. The Morgan fingerprint density at radius 1 is 1.03 bits per heavy atom. The van der Waals surface area contributed by atoms with Crippen molar-refractivity contribution in [2.24, 2.45) is 0 Å². The van der Waals surface area contributed by atoms with Gasteiger partial charge in [0.15, 0.2) is 11.0 Å². The molecule has 4 rings (SSSR count). The van der Waals surface area contributed by atoms with E-state index < -0.39 is 22.8 Å². The molecule has 3 aromatic rings. The molecule has 1 unspecified atom stereocenters. The first-order valence-corrected chi connectivity index (χ1v) is 11.6. The minimum atomic E-state index is -0.848. The number of carbonyl (C=O) groups excluding carboxylic acids is 1. The molecule has 0 spiro atoms. The van der Waals surface area contributed by atoms with E-state index in [1.165, 1.54) is 24.6 Å². The van der Waals surface area contributed by atoms with Gasteiger partial charge in [0.05, 0.1) is 17.5 Å². The third-order valence-corrected chi connectivity index (χ3v) is 6.48. The van der Waals surface area contributed by atoms with E-state index >= 15 is 0 Å². The third-order valence-electron chi connectivity index (χ3n) is 5.44. The molecule has 0 saturated carbocycles. The SMILES string of the molecule is CC(Sc1nnc(CN2CCCCC2)n1-c1ccc(F)cc1)C(=O)Nc1ccc(F)cc1F. The summed E-state index contributed by atoms with van der Waals surface area (Å²) in [5, 5.41) is 10.9. The van der Waals surface area contributed by atoms with Gasteiger partial charge in [0.25, 0.3) is 0 Å². The maximum absolute atomic E-state index is 13.9. The van der Waals surface area contributed by atoms with E-state index in [1.54, 1.807) is 19.1 Å².